The number of hydrogen-bond donors (Lipinski definition) is 0. The van der Waals surface area contributed by atoms with E-state index in [4.69, 9.17) is 11.6 Å². The van der Waals surface area contributed by atoms with Crippen LogP contribution in [0.2, 0.25) is 5.02 Å². The highest BCUT2D eigenvalue weighted by molar-refractivity contribution is 8.18. The Bertz CT molecular complexity index is 1350. The van der Waals surface area contributed by atoms with Crippen molar-refractivity contribution in [1.29, 1.82) is 0 Å². The minimum Gasteiger partial charge on any atom is -0.279 e. The predicted octanol–water partition coefficient (Wildman–Crippen LogP) is 6.90. The van der Waals surface area contributed by atoms with Crippen molar-refractivity contribution in [3.63, 3.8) is 0 Å². The molecule has 0 spiro atoms. The molecule has 0 N–H and O–H groups in total. The van der Waals surface area contributed by atoms with Crippen LogP contribution in [-0.4, -0.2) is 28.5 Å². The molecule has 1 fully saturated rings. The van der Waals surface area contributed by atoms with Crippen molar-refractivity contribution in [2.45, 2.75) is 23.1 Å². The molecule has 34 heavy (non-hydrogen) atoms. The summed E-state index contributed by atoms with van der Waals surface area (Å²) in [7, 11) is 0. The number of aryl methyl sites for hydroxylation is 1. The van der Waals surface area contributed by atoms with Gasteiger partial charge in [-0.15, -0.1) is 0 Å². The van der Waals surface area contributed by atoms with Crippen LogP contribution < -0.4 is 4.90 Å². The Balaban J connectivity index is 1.36. The van der Waals surface area contributed by atoms with E-state index in [0.717, 1.165) is 43.3 Å². The van der Waals surface area contributed by atoms with Crippen LogP contribution in [0.15, 0.2) is 81.4 Å². The van der Waals surface area contributed by atoms with E-state index in [9.17, 15) is 14.4 Å². The van der Waals surface area contributed by atoms with E-state index >= 15 is 0 Å². The van der Waals surface area contributed by atoms with Crippen molar-refractivity contribution in [2.24, 2.45) is 0 Å². The summed E-state index contributed by atoms with van der Waals surface area (Å²) >= 11 is 8.71. The third-order valence-corrected chi connectivity index (χ3v) is 7.81. The Morgan fingerprint density at radius 1 is 0.941 bits per heavy atom. The molecule has 2 aliphatic rings. The van der Waals surface area contributed by atoms with Crippen LogP contribution in [0.4, 0.5) is 16.2 Å². The molecule has 1 saturated heterocycles. The van der Waals surface area contributed by atoms with Gasteiger partial charge in [-0.3, -0.25) is 24.2 Å². The number of carbonyl (C=O) groups excluding carboxylic acids is 3. The second kappa shape index (κ2) is 9.33. The summed E-state index contributed by atoms with van der Waals surface area (Å²) in [6.07, 6.45) is 1.71. The number of carbonyl (C=O) groups is 3. The molecule has 0 bridgehead atoms. The van der Waals surface area contributed by atoms with Gasteiger partial charge in [0.25, 0.3) is 11.1 Å². The number of para-hydroxylation sites is 1. The summed E-state index contributed by atoms with van der Waals surface area (Å²) in [5.41, 5.74) is 3.43. The maximum Gasteiger partial charge on any atom is 0.293 e. The second-order valence-corrected chi connectivity index (χ2v) is 10.4. The molecule has 170 valence electrons. The standard InChI is InChI=1S/C26H19ClN2O3S2/c1-16-6-8-17(9-7-16)14-23-25(31)28(26(32)34-23)13-12-24(30)29-19-4-2-3-5-21(19)33-22-11-10-18(27)15-20(22)29/h2-11,14-15H,12-13H2,1H3. The van der Waals surface area contributed by atoms with E-state index in [1.165, 1.54) is 0 Å². The molecule has 0 atom stereocenters. The number of thioether (sulfide) groups is 1. The molecule has 0 unspecified atom stereocenters. The van der Waals surface area contributed by atoms with Gasteiger partial charge in [0.2, 0.25) is 5.91 Å². The number of rotatable bonds is 4. The van der Waals surface area contributed by atoms with Crippen LogP contribution in [0.1, 0.15) is 17.5 Å². The van der Waals surface area contributed by atoms with Crippen molar-refractivity contribution in [3.05, 3.63) is 87.8 Å². The van der Waals surface area contributed by atoms with Gasteiger partial charge in [0.05, 0.1) is 16.3 Å². The summed E-state index contributed by atoms with van der Waals surface area (Å²) in [4.78, 5) is 43.9. The Hall–Kier alpha value is -3.00. The van der Waals surface area contributed by atoms with Crippen LogP contribution in [0.25, 0.3) is 6.08 Å². The predicted molar refractivity (Wildman–Crippen MR) is 138 cm³/mol. The largest absolute Gasteiger partial charge is 0.293 e. The van der Waals surface area contributed by atoms with Gasteiger partial charge in [-0.25, -0.2) is 0 Å². The zero-order valence-electron chi connectivity index (χ0n) is 18.2. The third-order valence-electron chi connectivity index (χ3n) is 5.54. The number of amides is 3. The molecule has 0 aliphatic carbocycles. The van der Waals surface area contributed by atoms with E-state index in [2.05, 4.69) is 0 Å². The van der Waals surface area contributed by atoms with E-state index in [1.807, 2.05) is 61.5 Å². The van der Waals surface area contributed by atoms with E-state index in [0.29, 0.717) is 15.6 Å². The Morgan fingerprint density at radius 3 is 2.47 bits per heavy atom. The monoisotopic (exact) mass is 506 g/mol. The minimum absolute atomic E-state index is 0.000800. The van der Waals surface area contributed by atoms with Gasteiger partial charge >= 0.3 is 0 Å². The maximum absolute atomic E-state index is 13.4. The normalized spacial score (nSPS) is 16.1. The van der Waals surface area contributed by atoms with Crippen LogP contribution in [0.5, 0.6) is 0 Å². The molecule has 2 aliphatic heterocycles. The van der Waals surface area contributed by atoms with Gasteiger partial charge in [0.1, 0.15) is 0 Å². The summed E-state index contributed by atoms with van der Waals surface area (Å²) in [6, 6.07) is 20.8. The molecular formula is C26H19ClN2O3S2. The first-order valence-electron chi connectivity index (χ1n) is 10.6. The van der Waals surface area contributed by atoms with Crippen molar-refractivity contribution < 1.29 is 14.4 Å². The lowest BCUT2D eigenvalue weighted by Gasteiger charge is -2.31. The van der Waals surface area contributed by atoms with Crippen LogP contribution in [0.3, 0.4) is 0 Å². The quantitative estimate of drug-likeness (QED) is 0.360. The van der Waals surface area contributed by atoms with Gasteiger partial charge in [-0.2, -0.15) is 0 Å². The van der Waals surface area contributed by atoms with Gasteiger partial charge in [0, 0.05) is 27.8 Å². The number of fused-ring (bicyclic) bond motifs is 2. The summed E-state index contributed by atoms with van der Waals surface area (Å²) in [6.45, 7) is 2.00. The fourth-order valence-electron chi connectivity index (χ4n) is 3.82. The highest BCUT2D eigenvalue weighted by Crippen LogP contribution is 2.49. The third kappa shape index (κ3) is 4.39. The summed E-state index contributed by atoms with van der Waals surface area (Å²) in [5, 5.41) is 0.165. The van der Waals surface area contributed by atoms with E-state index < -0.39 is 0 Å². The molecule has 3 aromatic carbocycles. The Kier molecular flexibility index (Phi) is 6.25. The van der Waals surface area contributed by atoms with Gasteiger partial charge < -0.3 is 0 Å². The Morgan fingerprint density at radius 2 is 1.68 bits per heavy atom. The zero-order valence-corrected chi connectivity index (χ0v) is 20.5. The topological polar surface area (TPSA) is 57.7 Å². The fraction of sp³-hybridized carbons (Fsp3) is 0.115. The molecular weight excluding hydrogens is 488 g/mol. The lowest BCUT2D eigenvalue weighted by Crippen LogP contribution is -2.35. The molecule has 3 aromatic rings. The second-order valence-electron chi connectivity index (χ2n) is 7.91. The zero-order chi connectivity index (χ0) is 23.8. The maximum atomic E-state index is 13.4. The Labute approximate surface area is 210 Å². The van der Waals surface area contributed by atoms with E-state index in [1.54, 1.807) is 34.9 Å². The lowest BCUT2D eigenvalue weighted by molar-refractivity contribution is -0.123. The molecule has 5 nitrogen and oxygen atoms in total. The number of anilines is 2. The number of imide groups is 1. The first-order valence-corrected chi connectivity index (χ1v) is 12.6. The molecule has 2 heterocycles. The van der Waals surface area contributed by atoms with Crippen molar-refractivity contribution >= 4 is 69.6 Å². The number of hydrogen-bond acceptors (Lipinski definition) is 5. The summed E-state index contributed by atoms with van der Waals surface area (Å²) < 4.78 is 0. The first-order chi connectivity index (χ1) is 16.4. The van der Waals surface area contributed by atoms with Crippen LogP contribution in [0, 0.1) is 6.92 Å². The highest BCUT2D eigenvalue weighted by atomic mass is 35.5. The summed E-state index contributed by atoms with van der Waals surface area (Å²) in [5.74, 6) is -0.584. The average molecular weight is 507 g/mol. The lowest BCUT2D eigenvalue weighted by atomic mass is 10.1. The number of benzene rings is 3. The smallest absolute Gasteiger partial charge is 0.279 e. The van der Waals surface area contributed by atoms with Gasteiger partial charge in [-0.05, 0) is 60.7 Å². The molecule has 5 rings (SSSR count). The van der Waals surface area contributed by atoms with E-state index in [-0.39, 0.29) is 30.0 Å². The van der Waals surface area contributed by atoms with Gasteiger partial charge in [-0.1, -0.05) is 65.3 Å². The SMILES string of the molecule is Cc1ccc(C=C2SC(=O)N(CCC(=O)N3c4ccccc4Sc4ccc(Cl)cc43)C2=O)cc1. The number of halogens is 1. The van der Waals surface area contributed by atoms with Crippen molar-refractivity contribution in [1.82, 2.24) is 4.90 Å². The van der Waals surface area contributed by atoms with Crippen LogP contribution in [-0.2, 0) is 9.59 Å². The molecule has 3 amide bonds. The molecule has 0 aromatic heterocycles. The van der Waals surface area contributed by atoms with Crippen LogP contribution >= 0.6 is 35.1 Å². The van der Waals surface area contributed by atoms with Gasteiger partial charge in [0.15, 0.2) is 0 Å². The average Bonchev–Trinajstić information content (AvgIpc) is 3.09. The van der Waals surface area contributed by atoms with Crippen molar-refractivity contribution in [2.75, 3.05) is 11.4 Å². The fourth-order valence-corrected chi connectivity index (χ4v) is 5.89. The first kappa shape index (κ1) is 22.8. The molecule has 0 radical (unpaired) electrons. The van der Waals surface area contributed by atoms with Crippen molar-refractivity contribution in [3.8, 4) is 0 Å². The molecule has 0 saturated carbocycles. The highest BCUT2D eigenvalue weighted by Gasteiger charge is 2.36. The molecule has 8 heteroatoms. The number of nitrogens with zero attached hydrogens (tertiary/aromatic N) is 2. The minimum atomic E-state index is -0.374.